The molecule has 4 N–H and O–H groups in total. The first-order chi connectivity index (χ1) is 41.8. The van der Waals surface area contributed by atoms with E-state index in [0.29, 0.717) is 47.8 Å². The number of benzene rings is 5. The van der Waals surface area contributed by atoms with Crippen molar-refractivity contribution in [1.29, 1.82) is 0 Å². The number of nitrogens with one attached hydrogen (secondary N) is 3. The number of carboxylic acid groups (broad SMARTS) is 1. The van der Waals surface area contributed by atoms with Crippen LogP contribution in [0.15, 0.2) is 110 Å². The first kappa shape index (κ1) is 62.2. The summed E-state index contributed by atoms with van der Waals surface area (Å²) in [6.45, 7) is 6.50. The van der Waals surface area contributed by atoms with Crippen LogP contribution in [0.1, 0.15) is 80.1 Å². The second-order valence-electron chi connectivity index (χ2n) is 20.7. The molecule has 0 bridgehead atoms. The minimum absolute atomic E-state index is 0.0347. The number of urea groups is 3. The summed E-state index contributed by atoms with van der Waals surface area (Å²) >= 11 is 0. The number of hydrogen-bond donors (Lipinski definition) is 4. The zero-order valence-corrected chi connectivity index (χ0v) is 46.5. The van der Waals surface area contributed by atoms with Gasteiger partial charge in [0, 0.05) is 48.1 Å². The van der Waals surface area contributed by atoms with Gasteiger partial charge in [-0.05, 0) is 92.6 Å². The van der Waals surface area contributed by atoms with Crippen LogP contribution < -0.4 is 16.0 Å². The predicted molar refractivity (Wildman–Crippen MR) is 294 cm³/mol. The summed E-state index contributed by atoms with van der Waals surface area (Å²) in [7, 11) is 0. The van der Waals surface area contributed by atoms with Crippen LogP contribution in [-0.4, -0.2) is 103 Å². The highest BCUT2D eigenvalue weighted by Crippen LogP contribution is 2.28. The molecule has 458 valence electrons. The van der Waals surface area contributed by atoms with Crippen molar-refractivity contribution in [3.63, 3.8) is 0 Å². The number of ketones is 2. The van der Waals surface area contributed by atoms with Gasteiger partial charge in [0.05, 0.1) is 104 Å². The van der Waals surface area contributed by atoms with Crippen LogP contribution in [0.2, 0.25) is 0 Å². The molecule has 29 heteroatoms. The molecule has 5 aromatic carbocycles. The number of fused-ring (bicyclic) bond motifs is 3. The normalized spacial score (nSPS) is 15.7. The number of carbonyl (C=O) groups is 6. The van der Waals surface area contributed by atoms with E-state index in [1.807, 2.05) is 0 Å². The van der Waals surface area contributed by atoms with Gasteiger partial charge in [0.15, 0.2) is 69.7 Å². The number of aromatic carboxylic acids is 1. The van der Waals surface area contributed by atoms with E-state index in [9.17, 15) is 72.7 Å². The number of nitrogens with zero attached hydrogens (tertiary/aromatic N) is 9. The van der Waals surface area contributed by atoms with Gasteiger partial charge in [-0.25, -0.2) is 63.1 Å². The van der Waals surface area contributed by atoms with Gasteiger partial charge in [0.2, 0.25) is 0 Å². The van der Waals surface area contributed by atoms with Crippen LogP contribution >= 0.6 is 0 Å². The standard InChI is InChI=1S/2C22H18F4N4O2.C15H14F2N4O3/c2*1-12-10-30-20(11-29(12)22(32)28-14-3-5-17(24)19(26)8-14)15(9-27-30)21(31)7-13-2-4-16(23)18(25)6-13;1-8-6-21-13(10(5-18-21)14(22)23)7-20(8)15(24)19-9-2-3-11(16)12(17)4-9/h2*2-6,8-9,12H,7,10-11H2,1H3,(H,28,32);2-5,8H,6-7H2,1H3,(H,19,24)(H,22,23)/t2*12-;8-/m000/s1. The lowest BCUT2D eigenvalue weighted by Crippen LogP contribution is -2.47. The summed E-state index contributed by atoms with van der Waals surface area (Å²) in [5.41, 5.74) is 2.91. The molecule has 3 aliphatic rings. The van der Waals surface area contributed by atoms with Crippen molar-refractivity contribution in [3.8, 4) is 0 Å². The van der Waals surface area contributed by atoms with E-state index in [-0.39, 0.29) is 95.9 Å². The van der Waals surface area contributed by atoms with E-state index in [4.69, 9.17) is 5.11 Å². The number of amides is 6. The molecule has 0 saturated heterocycles. The van der Waals surface area contributed by atoms with Crippen molar-refractivity contribution in [3.05, 3.63) is 213 Å². The molecule has 88 heavy (non-hydrogen) atoms. The summed E-state index contributed by atoms with van der Waals surface area (Å²) in [6, 6.07) is 13.2. The topological polar surface area (TPSA) is 222 Å². The first-order valence-electron chi connectivity index (χ1n) is 26.7. The largest absolute Gasteiger partial charge is 0.478 e. The van der Waals surface area contributed by atoms with E-state index in [1.165, 1.54) is 63.6 Å². The highest BCUT2D eigenvalue weighted by molar-refractivity contribution is 5.99. The number of carboxylic acids is 1. The third kappa shape index (κ3) is 14.0. The highest BCUT2D eigenvalue weighted by Gasteiger charge is 2.34. The zero-order valence-electron chi connectivity index (χ0n) is 46.5. The van der Waals surface area contributed by atoms with Gasteiger partial charge >= 0.3 is 24.1 Å². The van der Waals surface area contributed by atoms with Gasteiger partial charge < -0.3 is 35.8 Å². The maximum Gasteiger partial charge on any atom is 0.339 e. The fourth-order valence-corrected chi connectivity index (χ4v) is 9.83. The molecule has 0 fully saturated rings. The number of rotatable bonds is 10. The fourth-order valence-electron chi connectivity index (χ4n) is 9.83. The monoisotopic (exact) mass is 1230 g/mol. The third-order valence-corrected chi connectivity index (χ3v) is 14.5. The van der Waals surface area contributed by atoms with Gasteiger partial charge in [-0.1, -0.05) is 12.1 Å². The molecule has 8 aromatic rings. The average Bonchev–Trinajstić information content (AvgIpc) is 2.26. The second kappa shape index (κ2) is 26.1. The molecule has 0 aliphatic carbocycles. The van der Waals surface area contributed by atoms with Crippen molar-refractivity contribution in [2.75, 3.05) is 16.0 Å². The van der Waals surface area contributed by atoms with E-state index in [0.717, 1.165) is 60.7 Å². The molecule has 3 aliphatic heterocycles. The molecular weight excluding hydrogens is 1180 g/mol. The van der Waals surface area contributed by atoms with E-state index >= 15 is 0 Å². The number of Topliss-reactive ketones (excluding diaryl/α,β-unsaturated/α-hetero) is 2. The maximum absolute atomic E-state index is 13.5. The Bertz CT molecular complexity index is 3860. The van der Waals surface area contributed by atoms with Crippen LogP contribution in [0.25, 0.3) is 0 Å². The minimum atomic E-state index is -1.12. The number of aromatic nitrogens is 6. The van der Waals surface area contributed by atoms with Crippen LogP contribution in [0.5, 0.6) is 0 Å². The number of anilines is 3. The minimum Gasteiger partial charge on any atom is -0.478 e. The maximum atomic E-state index is 13.5. The van der Waals surface area contributed by atoms with Gasteiger partial charge in [0.1, 0.15) is 5.56 Å². The van der Waals surface area contributed by atoms with Crippen molar-refractivity contribution in [2.45, 2.75) is 91.0 Å². The lowest BCUT2D eigenvalue weighted by atomic mass is 10.0. The lowest BCUT2D eigenvalue weighted by Gasteiger charge is -2.34. The molecule has 0 spiro atoms. The molecule has 0 radical (unpaired) electrons. The Labute approximate surface area is 492 Å². The SMILES string of the molecule is C[C@H]1Cn2ncc(C(=O)Cc3ccc(F)c(F)c3)c2CN1C(=O)Nc1ccc(F)c(F)c1.C[C@H]1Cn2ncc(C(=O)Cc3ccc(F)c(F)c3)c2CN1C(=O)Nc1ccc(F)c(F)c1.C[C@H]1Cn2ncc(C(=O)O)c2CN1C(=O)Nc1ccc(F)c(F)c1. The quantitative estimate of drug-likeness (QED) is 0.0749. The Morgan fingerprint density at radius 1 is 0.409 bits per heavy atom. The van der Waals surface area contributed by atoms with E-state index in [1.54, 1.807) is 34.8 Å². The van der Waals surface area contributed by atoms with E-state index in [2.05, 4.69) is 31.2 Å². The third-order valence-electron chi connectivity index (χ3n) is 14.5. The predicted octanol–water partition coefficient (Wildman–Crippen LogP) is 10.9. The van der Waals surface area contributed by atoms with Crippen molar-refractivity contribution >= 4 is 52.7 Å². The first-order valence-corrected chi connectivity index (χ1v) is 26.7. The van der Waals surface area contributed by atoms with Crippen LogP contribution in [-0.2, 0) is 52.1 Å². The molecule has 0 unspecified atom stereocenters. The average molecular weight is 1230 g/mol. The molecule has 0 saturated carbocycles. The number of hydrogen-bond acceptors (Lipinski definition) is 9. The fraction of sp³-hybridized carbons (Fsp3) is 0.237. The Kier molecular flexibility index (Phi) is 18.4. The molecule has 3 aromatic heterocycles. The second-order valence-corrected chi connectivity index (χ2v) is 20.7. The highest BCUT2D eigenvalue weighted by atomic mass is 19.2. The van der Waals surface area contributed by atoms with Crippen molar-refractivity contribution in [2.24, 2.45) is 0 Å². The molecule has 19 nitrogen and oxygen atoms in total. The molecule has 6 amide bonds. The number of carbonyl (C=O) groups excluding carboxylic acids is 5. The lowest BCUT2D eigenvalue weighted by molar-refractivity contribution is 0.0691. The molecule has 6 heterocycles. The van der Waals surface area contributed by atoms with Gasteiger partial charge in [-0.15, -0.1) is 0 Å². The van der Waals surface area contributed by atoms with Crippen molar-refractivity contribution < 1.29 is 77.8 Å². The molecular formula is C59H50F10N12O7. The summed E-state index contributed by atoms with van der Waals surface area (Å²) in [5.74, 6) is -12.2. The Balaban J connectivity index is 0.000000159. The smallest absolute Gasteiger partial charge is 0.339 e. The van der Waals surface area contributed by atoms with Gasteiger partial charge in [0.25, 0.3) is 0 Å². The molecule has 11 rings (SSSR count). The Morgan fingerprint density at radius 2 is 0.682 bits per heavy atom. The van der Waals surface area contributed by atoms with Crippen LogP contribution in [0.4, 0.5) is 75.3 Å². The van der Waals surface area contributed by atoms with Crippen LogP contribution in [0.3, 0.4) is 0 Å². The zero-order chi connectivity index (χ0) is 63.4. The Hall–Kier alpha value is -10.4. The molecule has 3 atom stereocenters. The summed E-state index contributed by atoms with van der Waals surface area (Å²) in [5, 5.41) is 29.1. The summed E-state index contributed by atoms with van der Waals surface area (Å²) in [4.78, 5) is 79.0. The van der Waals surface area contributed by atoms with Crippen molar-refractivity contribution in [1.82, 2.24) is 44.0 Å². The Morgan fingerprint density at radius 3 is 0.966 bits per heavy atom. The summed E-state index contributed by atoms with van der Waals surface area (Å²) < 4.78 is 137. The van der Waals surface area contributed by atoms with Gasteiger partial charge in [-0.3, -0.25) is 23.6 Å². The number of halogens is 10. The van der Waals surface area contributed by atoms with E-state index < -0.39 is 82.2 Å². The van der Waals surface area contributed by atoms with Gasteiger partial charge in [-0.2, -0.15) is 15.3 Å². The summed E-state index contributed by atoms with van der Waals surface area (Å²) in [6.07, 6.45) is 3.71. The van der Waals surface area contributed by atoms with Crippen LogP contribution in [0, 0.1) is 58.2 Å².